The van der Waals surface area contributed by atoms with Gasteiger partial charge in [-0.15, -0.1) is 0 Å². The van der Waals surface area contributed by atoms with Crippen LogP contribution in [0, 0.1) is 0 Å². The molecule has 2 aromatic rings. The fourth-order valence-electron chi connectivity index (χ4n) is 3.35. The van der Waals surface area contributed by atoms with E-state index in [1.54, 1.807) is 17.3 Å². The number of hydrogen-bond donors (Lipinski definition) is 1. The number of anilines is 1. The van der Waals surface area contributed by atoms with Crippen LogP contribution in [0.3, 0.4) is 0 Å². The summed E-state index contributed by atoms with van der Waals surface area (Å²) in [5, 5.41) is 0.965. The molecule has 0 spiro atoms. The third kappa shape index (κ3) is 3.38. The Balaban J connectivity index is 1.88. The van der Waals surface area contributed by atoms with Crippen LogP contribution in [0.15, 0.2) is 19.1 Å². The highest BCUT2D eigenvalue weighted by Crippen LogP contribution is 2.31. The molecule has 0 radical (unpaired) electrons. The molecule has 26 heavy (non-hydrogen) atoms. The van der Waals surface area contributed by atoms with Gasteiger partial charge in [0.25, 0.3) is 0 Å². The fourth-order valence-corrected chi connectivity index (χ4v) is 3.35. The molecule has 2 atom stereocenters. The number of H-pyrrole nitrogens is 1. The number of nitrogens with zero attached hydrogens (tertiary/aromatic N) is 4. The lowest BCUT2D eigenvalue weighted by atomic mass is 10.1. The van der Waals surface area contributed by atoms with E-state index in [4.69, 9.17) is 4.74 Å². The first-order chi connectivity index (χ1) is 12.2. The van der Waals surface area contributed by atoms with Crippen LogP contribution >= 0.6 is 0 Å². The number of piperazine rings is 1. The second-order valence-electron chi connectivity index (χ2n) is 7.85. The van der Waals surface area contributed by atoms with Crippen molar-refractivity contribution in [3.63, 3.8) is 0 Å². The van der Waals surface area contributed by atoms with Gasteiger partial charge in [0.05, 0.1) is 5.39 Å². The van der Waals surface area contributed by atoms with Crippen molar-refractivity contribution >= 4 is 29.0 Å². The first kappa shape index (κ1) is 18.2. The summed E-state index contributed by atoms with van der Waals surface area (Å²) in [7, 11) is 0. The van der Waals surface area contributed by atoms with Gasteiger partial charge in [0.2, 0.25) is 0 Å². The van der Waals surface area contributed by atoms with E-state index in [1.165, 1.54) is 0 Å². The van der Waals surface area contributed by atoms with Crippen molar-refractivity contribution in [1.29, 1.82) is 0 Å². The van der Waals surface area contributed by atoms with Gasteiger partial charge in [0, 0.05) is 36.9 Å². The molecule has 3 heterocycles. The number of amides is 1. The zero-order valence-electron chi connectivity index (χ0n) is 16.1. The minimum atomic E-state index is -0.500. The zero-order chi connectivity index (χ0) is 19.1. The molecule has 0 aromatic carbocycles. The maximum atomic E-state index is 12.5. The highest BCUT2D eigenvalue weighted by atomic mass is 16.6. The third-order valence-electron chi connectivity index (χ3n) is 4.59. The molecule has 0 aliphatic carbocycles. The van der Waals surface area contributed by atoms with Crippen molar-refractivity contribution in [3.8, 4) is 0 Å². The van der Waals surface area contributed by atoms with E-state index < -0.39 is 5.60 Å². The predicted octanol–water partition coefficient (Wildman–Crippen LogP) is 3.44. The number of carbonyl (C=O) groups is 1. The van der Waals surface area contributed by atoms with Gasteiger partial charge in [-0.1, -0.05) is 12.7 Å². The van der Waals surface area contributed by atoms with E-state index in [0.29, 0.717) is 13.1 Å². The van der Waals surface area contributed by atoms with Crippen LogP contribution in [0.1, 0.15) is 40.2 Å². The topological polar surface area (TPSA) is 74.4 Å². The Morgan fingerprint density at radius 3 is 2.69 bits per heavy atom. The molecule has 0 saturated carbocycles. The van der Waals surface area contributed by atoms with Gasteiger partial charge in [-0.25, -0.2) is 14.8 Å². The summed E-state index contributed by atoms with van der Waals surface area (Å²) in [6.45, 7) is 14.9. The molecule has 1 aliphatic heterocycles. The molecule has 0 bridgehead atoms. The second kappa shape index (κ2) is 6.63. The van der Waals surface area contributed by atoms with Gasteiger partial charge in [-0.05, 0) is 34.6 Å². The minimum absolute atomic E-state index is 0.0113. The second-order valence-corrected chi connectivity index (χ2v) is 7.85. The number of aromatic nitrogens is 3. The molecule has 7 heteroatoms. The smallest absolute Gasteiger partial charge is 0.410 e. The number of aromatic amines is 1. The molecule has 140 valence electrons. The predicted molar refractivity (Wildman–Crippen MR) is 103 cm³/mol. The van der Waals surface area contributed by atoms with Crippen LogP contribution in [0.25, 0.3) is 17.1 Å². The molecule has 3 rings (SSSR count). The van der Waals surface area contributed by atoms with Crippen molar-refractivity contribution in [2.24, 2.45) is 0 Å². The van der Waals surface area contributed by atoms with Crippen molar-refractivity contribution in [2.45, 2.75) is 52.3 Å². The van der Waals surface area contributed by atoms with Gasteiger partial charge in [0.15, 0.2) is 0 Å². The van der Waals surface area contributed by atoms with Crippen molar-refractivity contribution < 1.29 is 9.53 Å². The minimum Gasteiger partial charge on any atom is -0.444 e. The van der Waals surface area contributed by atoms with E-state index >= 15 is 0 Å². The number of hydrogen-bond acceptors (Lipinski definition) is 5. The number of rotatable bonds is 2. The van der Waals surface area contributed by atoms with Crippen LogP contribution in [-0.4, -0.2) is 56.7 Å². The summed E-state index contributed by atoms with van der Waals surface area (Å²) >= 11 is 0. The normalized spacial score (nSPS) is 21.1. The van der Waals surface area contributed by atoms with Gasteiger partial charge < -0.3 is 19.5 Å². The fraction of sp³-hybridized carbons (Fsp3) is 0.526. The van der Waals surface area contributed by atoms with Gasteiger partial charge >= 0.3 is 6.09 Å². The van der Waals surface area contributed by atoms with E-state index in [9.17, 15) is 4.79 Å². The standard InChI is InChI=1S/C19H27N5O2/c1-7-14-8-20-16-15(14)17(22-11-21-16)23-9-13(3)24(10-12(23)2)18(25)26-19(4,5)6/h7-8,11-13H,1,9-10H2,2-6H3,(H,20,21,22). The number of carbonyl (C=O) groups excluding carboxylic acids is 1. The largest absolute Gasteiger partial charge is 0.444 e. The van der Waals surface area contributed by atoms with Crippen LogP contribution in [0.5, 0.6) is 0 Å². The van der Waals surface area contributed by atoms with Crippen LogP contribution in [-0.2, 0) is 4.74 Å². The van der Waals surface area contributed by atoms with Crippen molar-refractivity contribution in [1.82, 2.24) is 19.9 Å². The van der Waals surface area contributed by atoms with Crippen LogP contribution in [0.4, 0.5) is 10.6 Å². The van der Waals surface area contributed by atoms with Gasteiger partial charge in [-0.2, -0.15) is 0 Å². The summed E-state index contributed by atoms with van der Waals surface area (Å²) in [6.07, 6.45) is 4.99. The quantitative estimate of drug-likeness (QED) is 0.891. The van der Waals surface area contributed by atoms with Crippen molar-refractivity contribution in [3.05, 3.63) is 24.7 Å². The molecule has 1 aliphatic rings. The average molecular weight is 357 g/mol. The number of nitrogens with one attached hydrogen (secondary N) is 1. The number of fused-ring (bicyclic) bond motifs is 1. The molecular formula is C19H27N5O2. The highest BCUT2D eigenvalue weighted by Gasteiger charge is 2.35. The SMILES string of the molecule is C=Cc1c[nH]c2ncnc(N3CC(C)N(C(=O)OC(C)(C)C)CC3C)c12. The van der Waals surface area contributed by atoms with E-state index in [-0.39, 0.29) is 18.2 Å². The average Bonchev–Trinajstić information content (AvgIpc) is 2.98. The molecule has 1 amide bonds. The lowest BCUT2D eigenvalue weighted by molar-refractivity contribution is 0.0130. The molecule has 2 aromatic heterocycles. The summed E-state index contributed by atoms with van der Waals surface area (Å²) in [4.78, 5) is 28.6. The van der Waals surface area contributed by atoms with Gasteiger partial charge in [0.1, 0.15) is 23.4 Å². The summed E-state index contributed by atoms with van der Waals surface area (Å²) in [5.74, 6) is 0.870. The number of ether oxygens (including phenoxy) is 1. The molecule has 1 fully saturated rings. The molecule has 7 nitrogen and oxygen atoms in total. The molecular weight excluding hydrogens is 330 g/mol. The Morgan fingerprint density at radius 2 is 2.04 bits per heavy atom. The Morgan fingerprint density at radius 1 is 1.31 bits per heavy atom. The zero-order valence-corrected chi connectivity index (χ0v) is 16.1. The summed E-state index contributed by atoms with van der Waals surface area (Å²) in [5.41, 5.74) is 1.27. The Hall–Kier alpha value is -2.57. The van der Waals surface area contributed by atoms with Crippen LogP contribution < -0.4 is 4.90 Å². The highest BCUT2D eigenvalue weighted by molar-refractivity contribution is 5.95. The lowest BCUT2D eigenvalue weighted by Crippen LogP contribution is -2.59. The first-order valence-electron chi connectivity index (χ1n) is 8.92. The Labute approximate surface area is 154 Å². The van der Waals surface area contributed by atoms with Crippen molar-refractivity contribution in [2.75, 3.05) is 18.0 Å². The monoisotopic (exact) mass is 357 g/mol. The van der Waals surface area contributed by atoms with E-state index in [2.05, 4.69) is 33.4 Å². The third-order valence-corrected chi connectivity index (χ3v) is 4.59. The van der Waals surface area contributed by atoms with Gasteiger partial charge in [-0.3, -0.25) is 0 Å². The van der Waals surface area contributed by atoms with E-state index in [1.807, 2.05) is 33.9 Å². The maximum Gasteiger partial charge on any atom is 0.410 e. The summed E-state index contributed by atoms with van der Waals surface area (Å²) in [6, 6.07) is 0.113. The lowest BCUT2D eigenvalue weighted by Gasteiger charge is -2.44. The Kier molecular flexibility index (Phi) is 4.64. The van der Waals surface area contributed by atoms with E-state index in [0.717, 1.165) is 22.4 Å². The molecule has 2 unspecified atom stereocenters. The molecule has 1 N–H and O–H groups in total. The van der Waals surface area contributed by atoms with Crippen LogP contribution in [0.2, 0.25) is 0 Å². The Bertz CT molecular complexity index is 823. The summed E-state index contributed by atoms with van der Waals surface area (Å²) < 4.78 is 5.56. The maximum absolute atomic E-state index is 12.5. The first-order valence-corrected chi connectivity index (χ1v) is 8.92. The molecule has 1 saturated heterocycles.